The van der Waals surface area contributed by atoms with Crippen molar-refractivity contribution in [2.75, 3.05) is 18.5 Å². The Balaban J connectivity index is 2.32. The van der Waals surface area contributed by atoms with E-state index in [1.165, 1.54) is 5.56 Å². The van der Waals surface area contributed by atoms with Gasteiger partial charge in [0.25, 0.3) is 0 Å². The van der Waals surface area contributed by atoms with E-state index in [2.05, 4.69) is 32.5 Å². The van der Waals surface area contributed by atoms with E-state index in [9.17, 15) is 0 Å². The van der Waals surface area contributed by atoms with Crippen LogP contribution in [0.3, 0.4) is 0 Å². The molecule has 0 saturated heterocycles. The molecule has 0 aliphatic heterocycles. The topological polar surface area (TPSA) is 79.9 Å². The number of benzene rings is 1. The smallest absolute Gasteiger partial charge is 0.168 e. The number of nitrogens with zero attached hydrogens (tertiary/aromatic N) is 1. The average molecular weight is 316 g/mol. The number of oxime groups is 1. The Bertz CT molecular complexity index is 424. The molecule has 6 heteroatoms. The van der Waals surface area contributed by atoms with Crippen LogP contribution in [0.4, 0.5) is 5.69 Å². The van der Waals surface area contributed by atoms with Gasteiger partial charge in [-0.3, -0.25) is 0 Å². The lowest BCUT2D eigenvalue weighted by atomic mass is 10.2. The molecule has 0 bridgehead atoms. The molecule has 0 amide bonds. The van der Waals surface area contributed by atoms with Crippen molar-refractivity contribution in [3.8, 4) is 0 Å². The molecule has 0 fully saturated rings. The van der Waals surface area contributed by atoms with E-state index in [4.69, 9.17) is 15.7 Å². The van der Waals surface area contributed by atoms with Crippen molar-refractivity contribution in [3.63, 3.8) is 0 Å². The van der Waals surface area contributed by atoms with Gasteiger partial charge in [0.05, 0.1) is 6.61 Å². The predicted molar refractivity (Wildman–Crippen MR) is 76.2 cm³/mol. The van der Waals surface area contributed by atoms with E-state index < -0.39 is 0 Å². The lowest BCUT2D eigenvalue weighted by Gasteiger charge is -2.12. The summed E-state index contributed by atoms with van der Waals surface area (Å²) in [6, 6.07) is 6.04. The zero-order valence-corrected chi connectivity index (χ0v) is 12.1. The van der Waals surface area contributed by atoms with Crippen molar-refractivity contribution < 1.29 is 9.94 Å². The van der Waals surface area contributed by atoms with Crippen LogP contribution in [0, 0.1) is 6.92 Å². The van der Waals surface area contributed by atoms with Crippen LogP contribution >= 0.6 is 15.9 Å². The van der Waals surface area contributed by atoms with Crippen molar-refractivity contribution in [3.05, 3.63) is 28.2 Å². The van der Waals surface area contributed by atoms with Gasteiger partial charge >= 0.3 is 0 Å². The quantitative estimate of drug-likeness (QED) is 0.247. The number of ether oxygens (including phenoxy) is 1. The Hall–Kier alpha value is -1.27. The first-order chi connectivity index (χ1) is 8.54. The van der Waals surface area contributed by atoms with Crippen LogP contribution in [0.2, 0.25) is 0 Å². The second-order valence-electron chi connectivity index (χ2n) is 3.93. The highest BCUT2D eigenvalue weighted by Gasteiger charge is 2.06. The number of nitrogens with one attached hydrogen (secondary N) is 1. The van der Waals surface area contributed by atoms with E-state index in [0.29, 0.717) is 13.2 Å². The summed E-state index contributed by atoms with van der Waals surface area (Å²) in [7, 11) is 0. The Morgan fingerprint density at radius 2 is 2.33 bits per heavy atom. The van der Waals surface area contributed by atoms with Gasteiger partial charge in [0.15, 0.2) is 5.84 Å². The second-order valence-corrected chi connectivity index (χ2v) is 4.78. The van der Waals surface area contributed by atoms with Gasteiger partial charge in [-0.25, -0.2) is 0 Å². The van der Waals surface area contributed by atoms with Crippen molar-refractivity contribution >= 4 is 27.5 Å². The molecule has 1 rings (SSSR count). The monoisotopic (exact) mass is 315 g/mol. The summed E-state index contributed by atoms with van der Waals surface area (Å²) in [5, 5.41) is 14.6. The number of hydrogen-bond acceptors (Lipinski definition) is 4. The molecule has 1 aromatic rings. The summed E-state index contributed by atoms with van der Waals surface area (Å²) in [5.41, 5.74) is 7.61. The normalized spacial score (nSPS) is 13.4. The number of hydrogen-bond donors (Lipinski definition) is 3. The first-order valence-electron chi connectivity index (χ1n) is 5.63. The molecule has 0 aliphatic carbocycles. The van der Waals surface area contributed by atoms with E-state index in [1.54, 1.807) is 6.92 Å². The van der Waals surface area contributed by atoms with Gasteiger partial charge in [0.1, 0.15) is 6.10 Å². The van der Waals surface area contributed by atoms with Crippen molar-refractivity contribution in [1.82, 2.24) is 0 Å². The van der Waals surface area contributed by atoms with Crippen LogP contribution in [-0.4, -0.2) is 30.3 Å². The Morgan fingerprint density at radius 1 is 1.61 bits per heavy atom. The summed E-state index contributed by atoms with van der Waals surface area (Å²) in [6.45, 7) is 4.90. The highest BCUT2D eigenvalue weighted by Crippen LogP contribution is 2.19. The van der Waals surface area contributed by atoms with Crippen LogP contribution in [-0.2, 0) is 4.74 Å². The molecule has 5 nitrogen and oxygen atoms in total. The Kier molecular flexibility index (Phi) is 5.94. The van der Waals surface area contributed by atoms with Crippen LogP contribution in [0.15, 0.2) is 27.8 Å². The molecule has 1 atom stereocenters. The van der Waals surface area contributed by atoms with E-state index in [0.717, 1.165) is 10.2 Å². The first kappa shape index (κ1) is 14.8. The molecule has 0 saturated carbocycles. The van der Waals surface area contributed by atoms with E-state index >= 15 is 0 Å². The zero-order valence-electron chi connectivity index (χ0n) is 10.5. The Labute approximate surface area is 115 Å². The molecule has 4 N–H and O–H groups in total. The SMILES string of the molecule is Cc1cc(NCCOC(C)/C(N)=N/O)ccc1Br. The third-order valence-electron chi connectivity index (χ3n) is 2.49. The largest absolute Gasteiger partial charge is 0.409 e. The van der Waals surface area contributed by atoms with E-state index in [-0.39, 0.29) is 11.9 Å². The zero-order chi connectivity index (χ0) is 13.5. The number of anilines is 1. The highest BCUT2D eigenvalue weighted by molar-refractivity contribution is 9.10. The van der Waals surface area contributed by atoms with Gasteiger partial charge in [-0.05, 0) is 37.6 Å². The van der Waals surface area contributed by atoms with Crippen molar-refractivity contribution in [2.24, 2.45) is 10.9 Å². The number of amidine groups is 1. The molecule has 0 heterocycles. The minimum atomic E-state index is -0.386. The third kappa shape index (κ3) is 4.54. The van der Waals surface area contributed by atoms with Crippen LogP contribution < -0.4 is 11.1 Å². The third-order valence-corrected chi connectivity index (χ3v) is 3.38. The van der Waals surface area contributed by atoms with Crippen molar-refractivity contribution in [1.29, 1.82) is 0 Å². The summed E-state index contributed by atoms with van der Waals surface area (Å²) < 4.78 is 6.47. The van der Waals surface area contributed by atoms with Crippen LogP contribution in [0.25, 0.3) is 0 Å². The average Bonchev–Trinajstić information content (AvgIpc) is 2.37. The van der Waals surface area contributed by atoms with E-state index in [1.807, 2.05) is 19.1 Å². The number of rotatable bonds is 6. The van der Waals surface area contributed by atoms with Crippen molar-refractivity contribution in [2.45, 2.75) is 20.0 Å². The lowest BCUT2D eigenvalue weighted by Crippen LogP contribution is -2.30. The van der Waals surface area contributed by atoms with Gasteiger partial charge in [-0.15, -0.1) is 0 Å². The van der Waals surface area contributed by atoms with Gasteiger partial charge in [-0.2, -0.15) is 0 Å². The minimum Gasteiger partial charge on any atom is -0.409 e. The number of nitrogens with two attached hydrogens (primary N) is 1. The maximum absolute atomic E-state index is 8.46. The summed E-state index contributed by atoms with van der Waals surface area (Å²) in [4.78, 5) is 0. The molecule has 1 aromatic carbocycles. The second kappa shape index (κ2) is 7.23. The van der Waals surface area contributed by atoms with Crippen LogP contribution in [0.1, 0.15) is 12.5 Å². The standard InChI is InChI=1S/C12H18BrN3O2/c1-8-7-10(3-4-11(8)13)15-5-6-18-9(2)12(14)16-17/h3-4,7,9,15,17H,5-6H2,1-2H3,(H2,14,16). The van der Waals surface area contributed by atoms with Gasteiger partial charge in [0.2, 0.25) is 0 Å². The number of halogens is 1. The maximum atomic E-state index is 8.46. The number of aryl methyl sites for hydroxylation is 1. The van der Waals surface area contributed by atoms with Gasteiger partial charge in [-0.1, -0.05) is 21.1 Å². The molecule has 18 heavy (non-hydrogen) atoms. The summed E-state index contributed by atoms with van der Waals surface area (Å²) >= 11 is 3.45. The molecule has 0 radical (unpaired) electrons. The molecular weight excluding hydrogens is 298 g/mol. The summed E-state index contributed by atoms with van der Waals surface area (Å²) in [6.07, 6.45) is -0.386. The molecule has 100 valence electrons. The molecule has 0 aliphatic rings. The fraction of sp³-hybridized carbons (Fsp3) is 0.417. The van der Waals surface area contributed by atoms with Gasteiger partial charge < -0.3 is 21.0 Å². The molecule has 1 unspecified atom stereocenters. The first-order valence-corrected chi connectivity index (χ1v) is 6.43. The molecule has 0 aromatic heterocycles. The summed E-state index contributed by atoms with van der Waals surface area (Å²) in [5.74, 6) is 0.0782. The fourth-order valence-corrected chi connectivity index (χ4v) is 1.60. The predicted octanol–water partition coefficient (Wildman–Crippen LogP) is 2.32. The Morgan fingerprint density at radius 3 is 2.94 bits per heavy atom. The molecule has 0 spiro atoms. The fourth-order valence-electron chi connectivity index (χ4n) is 1.35. The van der Waals surface area contributed by atoms with Gasteiger partial charge in [0, 0.05) is 16.7 Å². The lowest BCUT2D eigenvalue weighted by molar-refractivity contribution is 0.115. The highest BCUT2D eigenvalue weighted by atomic mass is 79.9. The maximum Gasteiger partial charge on any atom is 0.168 e. The molecular formula is C12H18BrN3O2. The minimum absolute atomic E-state index is 0.0782. The van der Waals surface area contributed by atoms with Crippen LogP contribution in [0.5, 0.6) is 0 Å².